The molecule has 2 aliphatic heterocycles. The zero-order valence-electron chi connectivity index (χ0n) is 12.4. The molecule has 8 nitrogen and oxygen atoms in total. The largest absolute Gasteiger partial charge is 0.375 e. The maximum absolute atomic E-state index is 12.5. The Hall–Kier alpha value is -0.740. The second kappa shape index (κ2) is 7.50. The van der Waals surface area contributed by atoms with Crippen LogP contribution in [0.15, 0.2) is 0 Å². The van der Waals surface area contributed by atoms with Crippen molar-refractivity contribution in [3.05, 3.63) is 0 Å². The summed E-state index contributed by atoms with van der Waals surface area (Å²) in [6.45, 7) is 3.37. The van der Waals surface area contributed by atoms with Gasteiger partial charge in [0.25, 0.3) is 10.2 Å². The Morgan fingerprint density at radius 2 is 1.76 bits per heavy atom. The maximum atomic E-state index is 12.5. The van der Waals surface area contributed by atoms with Crippen molar-refractivity contribution in [3.8, 4) is 0 Å². The van der Waals surface area contributed by atoms with Crippen molar-refractivity contribution < 1.29 is 17.9 Å². The minimum Gasteiger partial charge on any atom is -0.375 e. The summed E-state index contributed by atoms with van der Waals surface area (Å²) >= 11 is 0. The molecule has 2 saturated heterocycles. The lowest BCUT2D eigenvalue weighted by molar-refractivity contribution is -0.125. The molecule has 0 aliphatic carbocycles. The number of nitrogens with zero attached hydrogens (tertiary/aromatic N) is 2. The van der Waals surface area contributed by atoms with Gasteiger partial charge in [-0.1, -0.05) is 0 Å². The average Bonchev–Trinajstić information content (AvgIpc) is 2.49. The Kier molecular flexibility index (Phi) is 5.94. The fraction of sp³-hybridized carbons (Fsp3) is 0.917. The molecule has 0 aromatic heterocycles. The van der Waals surface area contributed by atoms with E-state index in [9.17, 15) is 13.2 Å². The highest BCUT2D eigenvalue weighted by Crippen LogP contribution is 2.17. The van der Waals surface area contributed by atoms with Crippen LogP contribution < -0.4 is 10.6 Å². The van der Waals surface area contributed by atoms with Crippen LogP contribution in [0.2, 0.25) is 0 Å². The third kappa shape index (κ3) is 4.36. The first kappa shape index (κ1) is 16.6. The number of carbonyl (C=O) groups excluding carboxylic acids is 1. The summed E-state index contributed by atoms with van der Waals surface area (Å²) in [5.41, 5.74) is 0. The summed E-state index contributed by atoms with van der Waals surface area (Å²) in [4.78, 5) is 11.5. The number of nitrogens with one attached hydrogen (secondary N) is 2. The van der Waals surface area contributed by atoms with E-state index in [2.05, 4.69) is 10.6 Å². The molecule has 21 heavy (non-hydrogen) atoms. The summed E-state index contributed by atoms with van der Waals surface area (Å²) in [5, 5.41) is 6.01. The van der Waals surface area contributed by atoms with Gasteiger partial charge in [-0.15, -0.1) is 0 Å². The lowest BCUT2D eigenvalue weighted by Crippen LogP contribution is -2.54. The predicted molar refractivity (Wildman–Crippen MR) is 78.0 cm³/mol. The number of methoxy groups -OCH3 is 1. The van der Waals surface area contributed by atoms with Gasteiger partial charge in [-0.3, -0.25) is 4.79 Å². The van der Waals surface area contributed by atoms with E-state index in [1.54, 1.807) is 0 Å². The Bertz CT molecular complexity index is 442. The zero-order valence-corrected chi connectivity index (χ0v) is 13.2. The molecule has 0 spiro atoms. The van der Waals surface area contributed by atoms with Gasteiger partial charge >= 0.3 is 0 Å². The lowest BCUT2D eigenvalue weighted by Gasteiger charge is -2.36. The fourth-order valence-corrected chi connectivity index (χ4v) is 4.31. The number of ether oxygens (including phenoxy) is 1. The second-order valence-electron chi connectivity index (χ2n) is 5.33. The number of piperazine rings is 1. The third-order valence-corrected chi connectivity index (χ3v) is 5.86. The van der Waals surface area contributed by atoms with Crippen LogP contribution in [0.1, 0.15) is 12.8 Å². The van der Waals surface area contributed by atoms with E-state index < -0.39 is 10.2 Å². The normalized spacial score (nSPS) is 23.1. The van der Waals surface area contributed by atoms with E-state index in [1.165, 1.54) is 15.7 Å². The number of piperidine rings is 1. The lowest BCUT2D eigenvalue weighted by atomic mass is 10.1. The average molecular weight is 320 g/mol. The van der Waals surface area contributed by atoms with E-state index in [4.69, 9.17) is 4.74 Å². The summed E-state index contributed by atoms with van der Waals surface area (Å²) in [5.74, 6) is -0.152. The molecule has 0 aromatic rings. The standard InChI is InChI=1S/C12H24N4O4S/c1-20-10-12(17)14-11-2-6-15(7-3-11)21(18,19)16-8-4-13-5-9-16/h11,13H,2-10H2,1H3,(H,14,17). The van der Waals surface area contributed by atoms with Gasteiger partial charge in [0.2, 0.25) is 5.91 Å². The maximum Gasteiger partial charge on any atom is 0.282 e. The van der Waals surface area contributed by atoms with Crippen molar-refractivity contribution in [1.82, 2.24) is 19.2 Å². The first-order chi connectivity index (χ1) is 10.0. The van der Waals surface area contributed by atoms with Crippen molar-refractivity contribution in [1.29, 1.82) is 0 Å². The first-order valence-electron chi connectivity index (χ1n) is 7.28. The van der Waals surface area contributed by atoms with Crippen LogP contribution in [-0.4, -0.2) is 82.0 Å². The SMILES string of the molecule is COCC(=O)NC1CCN(S(=O)(=O)N2CCNCC2)CC1. The van der Waals surface area contributed by atoms with Gasteiger partial charge < -0.3 is 15.4 Å². The van der Waals surface area contributed by atoms with Crippen LogP contribution >= 0.6 is 0 Å². The number of carbonyl (C=O) groups is 1. The Morgan fingerprint density at radius 3 is 2.33 bits per heavy atom. The van der Waals surface area contributed by atoms with Crippen molar-refractivity contribution >= 4 is 16.1 Å². The third-order valence-electron chi connectivity index (χ3n) is 3.82. The minimum atomic E-state index is -3.36. The molecular formula is C12H24N4O4S. The number of amides is 1. The molecule has 2 aliphatic rings. The van der Waals surface area contributed by atoms with E-state index in [0.29, 0.717) is 52.1 Å². The fourth-order valence-electron chi connectivity index (χ4n) is 2.67. The molecule has 0 bridgehead atoms. The molecule has 2 N–H and O–H groups in total. The van der Waals surface area contributed by atoms with Gasteiger partial charge in [0.05, 0.1) is 0 Å². The van der Waals surface area contributed by atoms with Crippen molar-refractivity contribution in [2.45, 2.75) is 18.9 Å². The quantitative estimate of drug-likeness (QED) is 0.634. The van der Waals surface area contributed by atoms with Crippen LogP contribution in [-0.2, 0) is 19.7 Å². The van der Waals surface area contributed by atoms with E-state index in [-0.39, 0.29) is 18.6 Å². The topological polar surface area (TPSA) is 91.0 Å². The van der Waals surface area contributed by atoms with Gasteiger partial charge in [-0.2, -0.15) is 17.0 Å². The van der Waals surface area contributed by atoms with Crippen molar-refractivity contribution in [3.63, 3.8) is 0 Å². The van der Waals surface area contributed by atoms with Gasteiger partial charge in [0.1, 0.15) is 6.61 Å². The highest BCUT2D eigenvalue weighted by Gasteiger charge is 2.33. The van der Waals surface area contributed by atoms with Gasteiger partial charge in [0.15, 0.2) is 0 Å². The summed E-state index contributed by atoms with van der Waals surface area (Å²) in [6, 6.07) is 0.0297. The van der Waals surface area contributed by atoms with Crippen LogP contribution in [0, 0.1) is 0 Å². The number of hydrogen-bond donors (Lipinski definition) is 2. The minimum absolute atomic E-state index is 0.0297. The number of hydrogen-bond acceptors (Lipinski definition) is 5. The molecule has 122 valence electrons. The van der Waals surface area contributed by atoms with E-state index >= 15 is 0 Å². The highest BCUT2D eigenvalue weighted by molar-refractivity contribution is 7.86. The molecule has 2 fully saturated rings. The zero-order chi connectivity index (χ0) is 15.3. The molecule has 0 aromatic carbocycles. The predicted octanol–water partition coefficient (Wildman–Crippen LogP) is -1.64. The second-order valence-corrected chi connectivity index (χ2v) is 7.26. The Morgan fingerprint density at radius 1 is 1.19 bits per heavy atom. The summed E-state index contributed by atoms with van der Waals surface area (Å²) < 4.78 is 32.8. The molecule has 2 heterocycles. The molecule has 0 saturated carbocycles. The highest BCUT2D eigenvalue weighted by atomic mass is 32.2. The Labute approximate surface area is 126 Å². The Balaban J connectivity index is 1.84. The van der Waals surface area contributed by atoms with Crippen LogP contribution in [0.4, 0.5) is 0 Å². The van der Waals surface area contributed by atoms with Crippen molar-refractivity contribution in [2.75, 3.05) is 53.0 Å². The van der Waals surface area contributed by atoms with Crippen molar-refractivity contribution in [2.24, 2.45) is 0 Å². The molecule has 9 heteroatoms. The smallest absolute Gasteiger partial charge is 0.282 e. The van der Waals surface area contributed by atoms with Crippen LogP contribution in [0.25, 0.3) is 0 Å². The molecule has 0 atom stereocenters. The molecule has 2 rings (SSSR count). The van der Waals surface area contributed by atoms with E-state index in [0.717, 1.165) is 0 Å². The molecule has 0 radical (unpaired) electrons. The number of rotatable bonds is 5. The van der Waals surface area contributed by atoms with Crippen LogP contribution in [0.3, 0.4) is 0 Å². The summed E-state index contributed by atoms with van der Waals surface area (Å²) in [6.07, 6.45) is 1.28. The van der Waals surface area contributed by atoms with E-state index in [1.807, 2.05) is 0 Å². The van der Waals surface area contributed by atoms with Gasteiger partial charge in [-0.25, -0.2) is 0 Å². The molecule has 0 unspecified atom stereocenters. The summed E-state index contributed by atoms with van der Waals surface area (Å²) in [7, 11) is -1.88. The first-order valence-corrected chi connectivity index (χ1v) is 8.68. The van der Waals surface area contributed by atoms with Crippen LogP contribution in [0.5, 0.6) is 0 Å². The molecule has 1 amide bonds. The monoisotopic (exact) mass is 320 g/mol. The van der Waals surface area contributed by atoms with Gasteiger partial charge in [-0.05, 0) is 12.8 Å². The van der Waals surface area contributed by atoms with Gasteiger partial charge in [0, 0.05) is 52.4 Å². The molecular weight excluding hydrogens is 296 g/mol.